The molecule has 0 aliphatic carbocycles. The molecule has 3 rings (SSSR count). The normalized spacial score (nSPS) is 17.0. The van der Waals surface area contributed by atoms with Crippen LogP contribution in [0.1, 0.15) is 17.5 Å². The molecule has 0 radical (unpaired) electrons. The molecule has 0 unspecified atom stereocenters. The molecule has 0 spiro atoms. The van der Waals surface area contributed by atoms with E-state index in [4.69, 9.17) is 0 Å². The minimum atomic E-state index is 0. The molecule has 2 aliphatic heterocycles. The Morgan fingerprint density at radius 2 is 2.14 bits per heavy atom. The number of fused-ring (bicyclic) bond motifs is 1. The molecule has 0 atom stereocenters. The van der Waals surface area contributed by atoms with Crippen LogP contribution < -0.4 is 10.6 Å². The molecule has 5 nitrogen and oxygen atoms in total. The summed E-state index contributed by atoms with van der Waals surface area (Å²) < 4.78 is 0. The van der Waals surface area contributed by atoms with Gasteiger partial charge >= 0.3 is 0 Å². The van der Waals surface area contributed by atoms with Crippen molar-refractivity contribution in [3.8, 4) is 0 Å². The zero-order chi connectivity index (χ0) is 13.8. The molecular weight excluding hydrogens is 379 g/mol. The zero-order valence-electron chi connectivity index (χ0n) is 12.0. The molecule has 6 heteroatoms. The van der Waals surface area contributed by atoms with Crippen LogP contribution in [0.3, 0.4) is 0 Å². The molecule has 0 saturated carbocycles. The van der Waals surface area contributed by atoms with Crippen molar-refractivity contribution in [2.24, 2.45) is 4.99 Å². The van der Waals surface area contributed by atoms with Gasteiger partial charge in [0.1, 0.15) is 0 Å². The van der Waals surface area contributed by atoms with Crippen molar-refractivity contribution in [1.29, 1.82) is 0 Å². The molecule has 1 aromatic carbocycles. The quantitative estimate of drug-likeness (QED) is 0.732. The average molecular weight is 400 g/mol. The lowest BCUT2D eigenvalue weighted by Crippen LogP contribution is -2.47. The molecule has 21 heavy (non-hydrogen) atoms. The third kappa shape index (κ3) is 4.09. The van der Waals surface area contributed by atoms with E-state index in [1.165, 1.54) is 11.1 Å². The second-order valence-electron chi connectivity index (χ2n) is 5.20. The number of aliphatic imine (C=N–C) groups is 1. The van der Waals surface area contributed by atoms with Crippen LogP contribution in [0.15, 0.2) is 29.3 Å². The Morgan fingerprint density at radius 1 is 1.33 bits per heavy atom. The van der Waals surface area contributed by atoms with E-state index in [1.807, 2.05) is 11.0 Å². The van der Waals surface area contributed by atoms with Gasteiger partial charge in [0, 0.05) is 26.2 Å². The number of nitrogens with one attached hydrogen (secondary N) is 2. The first kappa shape index (κ1) is 16.1. The van der Waals surface area contributed by atoms with Gasteiger partial charge in [-0.25, -0.2) is 0 Å². The highest BCUT2D eigenvalue weighted by atomic mass is 127. The lowest BCUT2D eigenvalue weighted by molar-refractivity contribution is -0.130. The van der Waals surface area contributed by atoms with Crippen molar-refractivity contribution in [3.05, 3.63) is 35.4 Å². The maximum atomic E-state index is 12.2. The average Bonchev–Trinajstić information content (AvgIpc) is 2.53. The molecule has 0 aromatic heterocycles. The predicted molar refractivity (Wildman–Crippen MR) is 93.9 cm³/mol. The van der Waals surface area contributed by atoms with Crippen molar-refractivity contribution >= 4 is 35.8 Å². The smallest absolute Gasteiger partial charge is 0.242 e. The maximum Gasteiger partial charge on any atom is 0.242 e. The van der Waals surface area contributed by atoms with Crippen LogP contribution in [-0.2, 0) is 17.8 Å². The van der Waals surface area contributed by atoms with Gasteiger partial charge in [-0.2, -0.15) is 0 Å². The first-order valence-corrected chi connectivity index (χ1v) is 7.20. The van der Waals surface area contributed by atoms with E-state index >= 15 is 0 Å². The Hall–Kier alpha value is -1.31. The number of hydrogen-bond donors (Lipinski definition) is 2. The molecule has 1 aromatic rings. The number of carbonyl (C=O) groups is 1. The molecule has 2 heterocycles. The minimum absolute atomic E-state index is 0. The van der Waals surface area contributed by atoms with E-state index in [-0.39, 0.29) is 29.9 Å². The van der Waals surface area contributed by atoms with Gasteiger partial charge in [-0.3, -0.25) is 9.79 Å². The fourth-order valence-corrected chi connectivity index (χ4v) is 2.63. The van der Waals surface area contributed by atoms with Crippen LogP contribution in [0, 0.1) is 0 Å². The number of amides is 1. The summed E-state index contributed by atoms with van der Waals surface area (Å²) in [7, 11) is 0. The van der Waals surface area contributed by atoms with E-state index in [0.717, 1.165) is 45.0 Å². The highest BCUT2D eigenvalue weighted by molar-refractivity contribution is 14.0. The SMILES string of the molecule is I.O=C(CNC1=NCCCN1)N1CCc2ccccc2C1. The van der Waals surface area contributed by atoms with E-state index in [1.54, 1.807) is 0 Å². The van der Waals surface area contributed by atoms with Crippen molar-refractivity contribution in [1.82, 2.24) is 15.5 Å². The van der Waals surface area contributed by atoms with Crippen molar-refractivity contribution < 1.29 is 4.79 Å². The van der Waals surface area contributed by atoms with Crippen molar-refractivity contribution in [2.75, 3.05) is 26.2 Å². The predicted octanol–water partition coefficient (Wildman–Crippen LogP) is 1.13. The van der Waals surface area contributed by atoms with Gasteiger partial charge in [0.2, 0.25) is 5.91 Å². The van der Waals surface area contributed by atoms with Crippen LogP contribution in [0.5, 0.6) is 0 Å². The third-order valence-corrected chi connectivity index (χ3v) is 3.79. The summed E-state index contributed by atoms with van der Waals surface area (Å²) in [4.78, 5) is 18.5. The topological polar surface area (TPSA) is 56.7 Å². The van der Waals surface area contributed by atoms with E-state index in [9.17, 15) is 4.79 Å². The second kappa shape index (κ2) is 7.63. The number of benzene rings is 1. The van der Waals surface area contributed by atoms with Crippen LogP contribution in [0.4, 0.5) is 0 Å². The Morgan fingerprint density at radius 3 is 2.90 bits per heavy atom. The van der Waals surface area contributed by atoms with Gasteiger partial charge in [-0.1, -0.05) is 24.3 Å². The first-order chi connectivity index (χ1) is 9.83. The zero-order valence-corrected chi connectivity index (χ0v) is 14.3. The molecule has 0 saturated heterocycles. The number of guanidine groups is 1. The van der Waals surface area contributed by atoms with Gasteiger partial charge in [0.05, 0.1) is 6.54 Å². The van der Waals surface area contributed by atoms with Gasteiger partial charge in [-0.05, 0) is 24.0 Å². The van der Waals surface area contributed by atoms with Gasteiger partial charge < -0.3 is 15.5 Å². The van der Waals surface area contributed by atoms with E-state index < -0.39 is 0 Å². The molecule has 2 aliphatic rings. The van der Waals surface area contributed by atoms with E-state index in [0.29, 0.717) is 6.54 Å². The summed E-state index contributed by atoms with van der Waals surface area (Å²) in [5.41, 5.74) is 2.63. The summed E-state index contributed by atoms with van der Waals surface area (Å²) in [5, 5.41) is 6.25. The van der Waals surface area contributed by atoms with Crippen LogP contribution in [0.25, 0.3) is 0 Å². The molecule has 1 amide bonds. The van der Waals surface area contributed by atoms with Crippen molar-refractivity contribution in [2.45, 2.75) is 19.4 Å². The Kier molecular flexibility index (Phi) is 5.84. The van der Waals surface area contributed by atoms with Crippen molar-refractivity contribution in [3.63, 3.8) is 0 Å². The summed E-state index contributed by atoms with van der Waals surface area (Å²) in [5.74, 6) is 0.886. The summed E-state index contributed by atoms with van der Waals surface area (Å²) in [6, 6.07) is 8.35. The van der Waals surface area contributed by atoms with E-state index in [2.05, 4.69) is 33.8 Å². The number of carbonyl (C=O) groups excluding carboxylic acids is 1. The lowest BCUT2D eigenvalue weighted by Gasteiger charge is -2.29. The molecular formula is C15H21IN4O. The highest BCUT2D eigenvalue weighted by Crippen LogP contribution is 2.18. The second-order valence-corrected chi connectivity index (χ2v) is 5.20. The number of nitrogens with zero attached hydrogens (tertiary/aromatic N) is 2. The van der Waals surface area contributed by atoms with Crippen LogP contribution in [-0.4, -0.2) is 42.9 Å². The first-order valence-electron chi connectivity index (χ1n) is 7.20. The highest BCUT2D eigenvalue weighted by Gasteiger charge is 2.20. The van der Waals surface area contributed by atoms with Crippen LogP contribution in [0.2, 0.25) is 0 Å². The Labute approximate surface area is 142 Å². The fraction of sp³-hybridized carbons (Fsp3) is 0.467. The number of hydrogen-bond acceptors (Lipinski definition) is 4. The number of rotatable bonds is 2. The molecule has 114 valence electrons. The Balaban J connectivity index is 0.00000161. The third-order valence-electron chi connectivity index (χ3n) is 3.79. The summed E-state index contributed by atoms with van der Waals surface area (Å²) >= 11 is 0. The minimum Gasteiger partial charge on any atom is -0.356 e. The molecule has 0 bridgehead atoms. The van der Waals surface area contributed by atoms with Gasteiger partial charge in [0.15, 0.2) is 5.96 Å². The summed E-state index contributed by atoms with van der Waals surface area (Å²) in [6.07, 6.45) is 2.00. The van der Waals surface area contributed by atoms with Gasteiger partial charge in [-0.15, -0.1) is 24.0 Å². The van der Waals surface area contributed by atoms with Gasteiger partial charge in [0.25, 0.3) is 0 Å². The summed E-state index contributed by atoms with van der Waals surface area (Å²) in [6.45, 7) is 3.60. The largest absolute Gasteiger partial charge is 0.356 e. The fourth-order valence-electron chi connectivity index (χ4n) is 2.63. The monoisotopic (exact) mass is 400 g/mol. The maximum absolute atomic E-state index is 12.2. The Bertz CT molecular complexity index is 532. The van der Waals surface area contributed by atoms with Crippen LogP contribution >= 0.6 is 24.0 Å². The standard InChI is InChI=1S/C15H20N4O.HI/c20-14(10-18-15-16-7-3-8-17-15)19-9-6-12-4-1-2-5-13(12)11-19;/h1-2,4-5H,3,6-11H2,(H2,16,17,18);1H. The molecule has 0 fully saturated rings. The molecule has 2 N–H and O–H groups in total. The lowest BCUT2D eigenvalue weighted by atomic mass is 10.00. The number of halogens is 1.